The number of rotatable bonds is 7. The van der Waals surface area contributed by atoms with Crippen LogP contribution >= 0.6 is 0 Å². The van der Waals surface area contributed by atoms with Crippen LogP contribution in [0, 0.1) is 0 Å². The van der Waals surface area contributed by atoms with Crippen molar-refractivity contribution in [3.8, 4) is 0 Å². The molecular formula is C10H19F3N2. The molecule has 15 heavy (non-hydrogen) atoms. The summed E-state index contributed by atoms with van der Waals surface area (Å²) in [7, 11) is 0. The van der Waals surface area contributed by atoms with Gasteiger partial charge in [-0.25, -0.2) is 0 Å². The van der Waals surface area contributed by atoms with Gasteiger partial charge in [0.1, 0.15) is 0 Å². The monoisotopic (exact) mass is 224 g/mol. The summed E-state index contributed by atoms with van der Waals surface area (Å²) in [5, 5.41) is 0. The van der Waals surface area contributed by atoms with Gasteiger partial charge < -0.3 is 5.73 Å². The van der Waals surface area contributed by atoms with Gasteiger partial charge in [0, 0.05) is 6.04 Å². The second-order valence-electron chi connectivity index (χ2n) is 4.17. The average Bonchev–Trinajstić information content (AvgIpc) is 2.91. The molecule has 1 rings (SSSR count). The molecule has 0 unspecified atom stereocenters. The van der Waals surface area contributed by atoms with Crippen molar-refractivity contribution < 1.29 is 13.2 Å². The molecule has 0 aromatic heterocycles. The smallest absolute Gasteiger partial charge is 0.330 e. The molecule has 0 aromatic rings. The standard InChI is InChI=1S/C10H19F3N2/c11-10(12,13)8-15(9-4-5-9)7-3-1-2-6-14/h9H,1-8,14H2. The molecule has 0 radical (unpaired) electrons. The SMILES string of the molecule is NCCCCCN(CC(F)(F)F)C1CC1. The van der Waals surface area contributed by atoms with Crippen LogP contribution in [0.4, 0.5) is 13.2 Å². The van der Waals surface area contributed by atoms with Crippen molar-refractivity contribution in [3.63, 3.8) is 0 Å². The van der Waals surface area contributed by atoms with E-state index >= 15 is 0 Å². The van der Waals surface area contributed by atoms with Crippen molar-refractivity contribution in [1.82, 2.24) is 4.90 Å². The van der Waals surface area contributed by atoms with E-state index in [0.717, 1.165) is 32.1 Å². The predicted octanol–water partition coefficient (Wildman–Crippen LogP) is 2.14. The van der Waals surface area contributed by atoms with Crippen LogP contribution in [0.5, 0.6) is 0 Å². The first-order valence-electron chi connectivity index (χ1n) is 5.54. The predicted molar refractivity (Wildman–Crippen MR) is 53.6 cm³/mol. The van der Waals surface area contributed by atoms with Crippen LogP contribution < -0.4 is 5.73 Å². The van der Waals surface area contributed by atoms with Crippen molar-refractivity contribution in [2.45, 2.75) is 44.3 Å². The molecular weight excluding hydrogens is 205 g/mol. The minimum Gasteiger partial charge on any atom is -0.330 e. The van der Waals surface area contributed by atoms with Gasteiger partial charge in [0.2, 0.25) is 0 Å². The Morgan fingerprint density at radius 3 is 2.27 bits per heavy atom. The average molecular weight is 224 g/mol. The second kappa shape index (κ2) is 5.70. The van der Waals surface area contributed by atoms with Gasteiger partial charge in [0.15, 0.2) is 0 Å². The minimum atomic E-state index is -4.06. The summed E-state index contributed by atoms with van der Waals surface area (Å²) in [6, 6.07) is 0.185. The number of hydrogen-bond donors (Lipinski definition) is 1. The Labute approximate surface area is 88.6 Å². The Bertz CT molecular complexity index is 178. The summed E-state index contributed by atoms with van der Waals surface area (Å²) < 4.78 is 36.6. The summed E-state index contributed by atoms with van der Waals surface area (Å²) in [5.74, 6) is 0. The molecule has 2 nitrogen and oxygen atoms in total. The highest BCUT2D eigenvalue weighted by atomic mass is 19.4. The fraction of sp³-hybridized carbons (Fsp3) is 1.00. The molecule has 1 saturated carbocycles. The quantitative estimate of drug-likeness (QED) is 0.671. The van der Waals surface area contributed by atoms with Crippen molar-refractivity contribution >= 4 is 0 Å². The Hall–Kier alpha value is -0.290. The van der Waals surface area contributed by atoms with Gasteiger partial charge in [0.25, 0.3) is 0 Å². The van der Waals surface area contributed by atoms with E-state index in [1.807, 2.05) is 0 Å². The van der Waals surface area contributed by atoms with E-state index in [-0.39, 0.29) is 6.04 Å². The number of nitrogens with zero attached hydrogens (tertiary/aromatic N) is 1. The highest BCUT2D eigenvalue weighted by molar-refractivity contribution is 4.85. The molecule has 0 aliphatic heterocycles. The van der Waals surface area contributed by atoms with Gasteiger partial charge in [-0.3, -0.25) is 4.90 Å². The van der Waals surface area contributed by atoms with Crippen LogP contribution in [0.1, 0.15) is 32.1 Å². The maximum atomic E-state index is 12.2. The lowest BCUT2D eigenvalue weighted by atomic mass is 10.2. The molecule has 0 saturated heterocycles. The summed E-state index contributed by atoms with van der Waals surface area (Å²) in [4.78, 5) is 1.57. The summed E-state index contributed by atoms with van der Waals surface area (Å²) in [6.07, 6.45) is 0.447. The van der Waals surface area contributed by atoms with Crippen molar-refractivity contribution in [2.75, 3.05) is 19.6 Å². The summed E-state index contributed by atoms with van der Waals surface area (Å²) >= 11 is 0. The van der Waals surface area contributed by atoms with Crippen LogP contribution in [0.15, 0.2) is 0 Å². The van der Waals surface area contributed by atoms with Crippen LogP contribution in [0.3, 0.4) is 0 Å². The second-order valence-corrected chi connectivity index (χ2v) is 4.17. The molecule has 90 valence electrons. The summed E-state index contributed by atoms with van der Waals surface area (Å²) in [5.41, 5.74) is 5.33. The van der Waals surface area contributed by atoms with E-state index in [0.29, 0.717) is 13.1 Å². The van der Waals surface area contributed by atoms with E-state index < -0.39 is 12.7 Å². The van der Waals surface area contributed by atoms with Gasteiger partial charge in [0.05, 0.1) is 6.54 Å². The first kappa shape index (κ1) is 12.8. The van der Waals surface area contributed by atoms with E-state index in [1.165, 1.54) is 0 Å². The van der Waals surface area contributed by atoms with Gasteiger partial charge >= 0.3 is 6.18 Å². The lowest BCUT2D eigenvalue weighted by Crippen LogP contribution is -2.36. The Balaban J connectivity index is 2.19. The highest BCUT2D eigenvalue weighted by Gasteiger charge is 2.37. The number of halogens is 3. The van der Waals surface area contributed by atoms with Crippen LogP contribution in [-0.4, -0.2) is 36.8 Å². The number of unbranched alkanes of at least 4 members (excludes halogenated alkanes) is 2. The fourth-order valence-electron chi connectivity index (χ4n) is 1.70. The topological polar surface area (TPSA) is 29.3 Å². The lowest BCUT2D eigenvalue weighted by Gasteiger charge is -2.23. The van der Waals surface area contributed by atoms with Gasteiger partial charge in [-0.2, -0.15) is 13.2 Å². The zero-order valence-electron chi connectivity index (χ0n) is 8.89. The zero-order chi connectivity index (χ0) is 11.3. The summed E-state index contributed by atoms with van der Waals surface area (Å²) in [6.45, 7) is 0.438. The third kappa shape index (κ3) is 5.99. The van der Waals surface area contributed by atoms with Crippen molar-refractivity contribution in [3.05, 3.63) is 0 Å². The number of nitrogens with two attached hydrogens (primary N) is 1. The molecule has 1 aliphatic carbocycles. The zero-order valence-corrected chi connectivity index (χ0v) is 8.89. The van der Waals surface area contributed by atoms with Crippen molar-refractivity contribution in [1.29, 1.82) is 0 Å². The van der Waals surface area contributed by atoms with Crippen LogP contribution in [-0.2, 0) is 0 Å². The van der Waals surface area contributed by atoms with E-state index in [4.69, 9.17) is 5.73 Å². The van der Waals surface area contributed by atoms with Gasteiger partial charge in [-0.05, 0) is 38.8 Å². The normalized spacial score (nSPS) is 17.4. The maximum absolute atomic E-state index is 12.2. The molecule has 1 aliphatic rings. The van der Waals surface area contributed by atoms with Crippen LogP contribution in [0.2, 0.25) is 0 Å². The molecule has 1 fully saturated rings. The molecule has 5 heteroatoms. The van der Waals surface area contributed by atoms with E-state index in [1.54, 1.807) is 4.90 Å². The Morgan fingerprint density at radius 2 is 1.80 bits per heavy atom. The van der Waals surface area contributed by atoms with Gasteiger partial charge in [-0.15, -0.1) is 0 Å². The van der Waals surface area contributed by atoms with Crippen molar-refractivity contribution in [2.24, 2.45) is 5.73 Å². The molecule has 2 N–H and O–H groups in total. The van der Waals surface area contributed by atoms with E-state index in [2.05, 4.69) is 0 Å². The fourth-order valence-corrected chi connectivity index (χ4v) is 1.70. The molecule has 0 bridgehead atoms. The Morgan fingerprint density at radius 1 is 1.13 bits per heavy atom. The maximum Gasteiger partial charge on any atom is 0.401 e. The third-order valence-electron chi connectivity index (χ3n) is 2.60. The minimum absolute atomic E-state index is 0.185. The van der Waals surface area contributed by atoms with Crippen LogP contribution in [0.25, 0.3) is 0 Å². The molecule has 0 aromatic carbocycles. The Kier molecular flexibility index (Phi) is 4.86. The number of alkyl halides is 3. The molecule has 0 amide bonds. The first-order chi connectivity index (χ1) is 7.03. The highest BCUT2D eigenvalue weighted by Crippen LogP contribution is 2.30. The lowest BCUT2D eigenvalue weighted by molar-refractivity contribution is -0.147. The number of hydrogen-bond acceptors (Lipinski definition) is 2. The van der Waals surface area contributed by atoms with E-state index in [9.17, 15) is 13.2 Å². The third-order valence-corrected chi connectivity index (χ3v) is 2.60. The van der Waals surface area contributed by atoms with Gasteiger partial charge in [-0.1, -0.05) is 6.42 Å². The molecule has 0 atom stereocenters. The molecule has 0 spiro atoms. The first-order valence-corrected chi connectivity index (χ1v) is 5.54. The largest absolute Gasteiger partial charge is 0.401 e. The molecule has 0 heterocycles.